The Morgan fingerprint density at radius 3 is 2.64 bits per heavy atom. The van der Waals surface area contributed by atoms with Gasteiger partial charge in [-0.25, -0.2) is 5.43 Å². The van der Waals surface area contributed by atoms with Gasteiger partial charge in [0.2, 0.25) is 0 Å². The lowest BCUT2D eigenvalue weighted by Gasteiger charge is -2.06. The Morgan fingerprint density at radius 1 is 1.07 bits per heavy atom. The SMILES string of the molecule is C/C(=N/NC(=O)c1[nH]c2ccc(C)cc2c1-c1ccccc1)c1cccnc1. The van der Waals surface area contributed by atoms with Crippen molar-refractivity contribution in [3.8, 4) is 11.1 Å². The molecule has 2 aromatic heterocycles. The molecule has 0 spiro atoms. The number of carbonyl (C=O) groups excluding carboxylic acids is 1. The average Bonchev–Trinajstić information content (AvgIpc) is 3.11. The smallest absolute Gasteiger partial charge is 0.288 e. The van der Waals surface area contributed by atoms with Crippen molar-refractivity contribution in [2.45, 2.75) is 13.8 Å². The quantitative estimate of drug-likeness (QED) is 0.405. The lowest BCUT2D eigenvalue weighted by Crippen LogP contribution is -2.20. The second-order valence-electron chi connectivity index (χ2n) is 6.67. The van der Waals surface area contributed by atoms with E-state index in [4.69, 9.17) is 0 Å². The Bertz CT molecular complexity index is 1160. The first-order valence-electron chi connectivity index (χ1n) is 9.06. The molecule has 5 nitrogen and oxygen atoms in total. The number of hydrogen-bond acceptors (Lipinski definition) is 3. The molecule has 138 valence electrons. The highest BCUT2D eigenvalue weighted by molar-refractivity contribution is 6.10. The maximum absolute atomic E-state index is 13.0. The molecule has 1 amide bonds. The highest BCUT2D eigenvalue weighted by Gasteiger charge is 2.19. The Labute approximate surface area is 163 Å². The number of hydrogen-bond donors (Lipinski definition) is 2. The number of aromatic nitrogens is 2. The number of nitrogens with zero attached hydrogens (tertiary/aromatic N) is 2. The predicted molar refractivity (Wildman–Crippen MR) is 112 cm³/mol. The van der Waals surface area contributed by atoms with Gasteiger partial charge in [0.1, 0.15) is 5.69 Å². The van der Waals surface area contributed by atoms with Crippen molar-refractivity contribution in [1.29, 1.82) is 0 Å². The van der Waals surface area contributed by atoms with E-state index in [1.165, 1.54) is 0 Å². The minimum absolute atomic E-state index is 0.282. The molecule has 0 fully saturated rings. The number of carbonyl (C=O) groups is 1. The lowest BCUT2D eigenvalue weighted by molar-refractivity contribution is 0.0951. The van der Waals surface area contributed by atoms with Gasteiger partial charge in [0.25, 0.3) is 5.91 Å². The van der Waals surface area contributed by atoms with Crippen LogP contribution in [0, 0.1) is 6.92 Å². The Balaban J connectivity index is 1.75. The number of fused-ring (bicyclic) bond motifs is 1. The second kappa shape index (κ2) is 7.48. The number of aromatic amines is 1. The normalized spacial score (nSPS) is 11.6. The molecular formula is C23H20N4O. The molecule has 2 aromatic carbocycles. The molecule has 0 aliphatic heterocycles. The molecule has 0 aliphatic rings. The molecule has 4 rings (SSSR count). The van der Waals surface area contributed by atoms with E-state index in [1.54, 1.807) is 12.4 Å². The summed E-state index contributed by atoms with van der Waals surface area (Å²) < 4.78 is 0. The summed E-state index contributed by atoms with van der Waals surface area (Å²) in [7, 11) is 0. The van der Waals surface area contributed by atoms with Crippen LogP contribution in [-0.4, -0.2) is 21.6 Å². The standard InChI is InChI=1S/C23H20N4O/c1-15-10-11-20-19(13-15)21(17-7-4-3-5-8-17)22(25-20)23(28)27-26-16(2)18-9-6-12-24-14-18/h3-14,25H,1-2H3,(H,27,28)/b26-16-. The van der Waals surface area contributed by atoms with Crippen LogP contribution in [0.3, 0.4) is 0 Å². The van der Waals surface area contributed by atoms with E-state index < -0.39 is 0 Å². The molecule has 4 aromatic rings. The summed E-state index contributed by atoms with van der Waals surface area (Å²) >= 11 is 0. The minimum atomic E-state index is -0.282. The number of H-pyrrole nitrogens is 1. The Morgan fingerprint density at radius 2 is 1.89 bits per heavy atom. The van der Waals surface area contributed by atoms with Crippen LogP contribution in [0.15, 0.2) is 78.2 Å². The highest BCUT2D eigenvalue weighted by atomic mass is 16.2. The van der Waals surface area contributed by atoms with Crippen molar-refractivity contribution in [1.82, 2.24) is 15.4 Å². The molecule has 0 unspecified atom stereocenters. The molecule has 0 saturated heterocycles. The second-order valence-corrected chi connectivity index (χ2v) is 6.67. The van der Waals surface area contributed by atoms with Crippen LogP contribution in [-0.2, 0) is 0 Å². The summed E-state index contributed by atoms with van der Waals surface area (Å²) in [4.78, 5) is 20.3. The summed E-state index contributed by atoms with van der Waals surface area (Å²) in [5.74, 6) is -0.282. The van der Waals surface area contributed by atoms with Gasteiger partial charge in [-0.3, -0.25) is 9.78 Å². The zero-order valence-corrected chi connectivity index (χ0v) is 15.7. The predicted octanol–water partition coefficient (Wildman–Crippen LogP) is 4.69. The molecule has 0 atom stereocenters. The first-order valence-corrected chi connectivity index (χ1v) is 9.06. The van der Waals surface area contributed by atoms with Crippen LogP contribution in [0.25, 0.3) is 22.0 Å². The molecule has 0 bridgehead atoms. The summed E-state index contributed by atoms with van der Waals surface area (Å²) in [5, 5.41) is 5.27. The third-order valence-corrected chi connectivity index (χ3v) is 4.65. The fraction of sp³-hybridized carbons (Fsp3) is 0.0870. The van der Waals surface area contributed by atoms with Crippen LogP contribution < -0.4 is 5.43 Å². The van der Waals surface area contributed by atoms with Gasteiger partial charge in [-0.15, -0.1) is 0 Å². The number of nitrogens with one attached hydrogen (secondary N) is 2. The molecule has 2 N–H and O–H groups in total. The summed E-state index contributed by atoms with van der Waals surface area (Å²) in [6.07, 6.45) is 3.42. The molecular weight excluding hydrogens is 348 g/mol. The summed E-state index contributed by atoms with van der Waals surface area (Å²) in [6, 6.07) is 19.8. The molecule has 2 heterocycles. The van der Waals surface area contributed by atoms with E-state index in [0.717, 1.165) is 33.2 Å². The van der Waals surface area contributed by atoms with E-state index in [1.807, 2.05) is 68.4 Å². The monoisotopic (exact) mass is 368 g/mol. The zero-order valence-electron chi connectivity index (χ0n) is 15.7. The maximum atomic E-state index is 13.0. The third-order valence-electron chi connectivity index (χ3n) is 4.65. The number of amides is 1. The van der Waals surface area contributed by atoms with Crippen LogP contribution in [0.1, 0.15) is 28.5 Å². The van der Waals surface area contributed by atoms with Gasteiger partial charge in [-0.05, 0) is 37.6 Å². The van der Waals surface area contributed by atoms with Crippen molar-refractivity contribution in [3.63, 3.8) is 0 Å². The van der Waals surface area contributed by atoms with Crippen molar-refractivity contribution < 1.29 is 4.79 Å². The molecule has 28 heavy (non-hydrogen) atoms. The summed E-state index contributed by atoms with van der Waals surface area (Å²) in [5.41, 5.74) is 8.64. The number of aryl methyl sites for hydroxylation is 1. The van der Waals surface area contributed by atoms with E-state index >= 15 is 0 Å². The van der Waals surface area contributed by atoms with Gasteiger partial charge in [0.15, 0.2) is 0 Å². The van der Waals surface area contributed by atoms with Gasteiger partial charge < -0.3 is 4.98 Å². The lowest BCUT2D eigenvalue weighted by atomic mass is 10.0. The molecule has 0 aliphatic carbocycles. The highest BCUT2D eigenvalue weighted by Crippen LogP contribution is 2.33. The number of hydrazone groups is 1. The number of rotatable bonds is 4. The maximum Gasteiger partial charge on any atom is 0.288 e. The Kier molecular flexibility index (Phi) is 4.72. The van der Waals surface area contributed by atoms with Gasteiger partial charge in [-0.2, -0.15) is 5.10 Å². The van der Waals surface area contributed by atoms with E-state index in [2.05, 4.69) is 26.6 Å². The van der Waals surface area contributed by atoms with Crippen LogP contribution in [0.5, 0.6) is 0 Å². The topological polar surface area (TPSA) is 70.1 Å². The van der Waals surface area contributed by atoms with Crippen LogP contribution in [0.2, 0.25) is 0 Å². The van der Waals surface area contributed by atoms with Crippen molar-refractivity contribution in [2.75, 3.05) is 0 Å². The molecule has 0 saturated carbocycles. The van der Waals surface area contributed by atoms with E-state index in [9.17, 15) is 4.79 Å². The summed E-state index contributed by atoms with van der Waals surface area (Å²) in [6.45, 7) is 3.88. The largest absolute Gasteiger partial charge is 0.350 e. The van der Waals surface area contributed by atoms with Gasteiger partial charge in [-0.1, -0.05) is 48.0 Å². The first kappa shape index (κ1) is 17.7. The first-order chi connectivity index (χ1) is 13.6. The van der Waals surface area contributed by atoms with Crippen molar-refractivity contribution in [3.05, 3.63) is 89.9 Å². The van der Waals surface area contributed by atoms with E-state index in [-0.39, 0.29) is 5.91 Å². The number of pyridine rings is 1. The molecule has 0 radical (unpaired) electrons. The fourth-order valence-electron chi connectivity index (χ4n) is 3.21. The van der Waals surface area contributed by atoms with Crippen LogP contribution >= 0.6 is 0 Å². The van der Waals surface area contributed by atoms with Gasteiger partial charge in [0.05, 0.1) is 5.71 Å². The zero-order chi connectivity index (χ0) is 19.5. The fourth-order valence-corrected chi connectivity index (χ4v) is 3.21. The van der Waals surface area contributed by atoms with Gasteiger partial charge in [0, 0.05) is 34.4 Å². The molecule has 5 heteroatoms. The van der Waals surface area contributed by atoms with Gasteiger partial charge >= 0.3 is 0 Å². The van der Waals surface area contributed by atoms with Crippen molar-refractivity contribution in [2.24, 2.45) is 5.10 Å². The van der Waals surface area contributed by atoms with Crippen LogP contribution in [0.4, 0.5) is 0 Å². The number of benzene rings is 2. The minimum Gasteiger partial charge on any atom is -0.350 e. The average molecular weight is 368 g/mol. The van der Waals surface area contributed by atoms with E-state index in [0.29, 0.717) is 11.4 Å². The Hall–Kier alpha value is -3.73. The third kappa shape index (κ3) is 3.42. The van der Waals surface area contributed by atoms with Crippen molar-refractivity contribution >= 4 is 22.5 Å².